The van der Waals surface area contributed by atoms with Crippen LogP contribution in [0.15, 0.2) is 65.1 Å². The molecule has 1 N–H and O–H groups in total. The summed E-state index contributed by atoms with van der Waals surface area (Å²) in [4.78, 5) is 16.9. The maximum absolute atomic E-state index is 12.4. The number of ether oxygens (including phenoxy) is 1. The first-order valence-corrected chi connectivity index (χ1v) is 11.9. The number of amides is 1. The van der Waals surface area contributed by atoms with Crippen molar-refractivity contribution in [2.45, 2.75) is 0 Å². The third-order valence-electron chi connectivity index (χ3n) is 4.48. The third kappa shape index (κ3) is 5.73. The van der Waals surface area contributed by atoms with Gasteiger partial charge in [0.25, 0.3) is 5.91 Å². The van der Waals surface area contributed by atoms with E-state index < -0.39 is 0 Å². The Morgan fingerprint density at radius 3 is 2.73 bits per heavy atom. The van der Waals surface area contributed by atoms with Crippen molar-refractivity contribution in [2.75, 3.05) is 11.9 Å². The predicted molar refractivity (Wildman–Crippen MR) is 138 cm³/mol. The van der Waals surface area contributed by atoms with Crippen molar-refractivity contribution in [3.63, 3.8) is 0 Å². The predicted octanol–water partition coefficient (Wildman–Crippen LogP) is 7.45. The molecule has 0 spiro atoms. The minimum absolute atomic E-state index is 0.230. The molecule has 0 atom stereocenters. The van der Waals surface area contributed by atoms with E-state index in [1.165, 1.54) is 11.3 Å². The highest BCUT2D eigenvalue weighted by atomic mass is 79.9. The summed E-state index contributed by atoms with van der Waals surface area (Å²) in [5.74, 6) is 0.0919. The van der Waals surface area contributed by atoms with Gasteiger partial charge >= 0.3 is 0 Å². The van der Waals surface area contributed by atoms with E-state index in [0.717, 1.165) is 14.7 Å². The van der Waals surface area contributed by atoms with Crippen LogP contribution in [0.25, 0.3) is 21.9 Å². The van der Waals surface area contributed by atoms with Crippen LogP contribution >= 0.6 is 50.5 Å². The molecule has 0 saturated carbocycles. The maximum atomic E-state index is 12.4. The summed E-state index contributed by atoms with van der Waals surface area (Å²) in [5, 5.41) is 13.8. The van der Waals surface area contributed by atoms with E-state index in [9.17, 15) is 10.1 Å². The fourth-order valence-electron chi connectivity index (χ4n) is 2.96. The number of fused-ring (bicyclic) bond motifs is 1. The first kappa shape index (κ1) is 23.3. The fourth-order valence-corrected chi connectivity index (χ4v) is 4.57. The Morgan fingerprint density at radius 2 is 1.97 bits per heavy atom. The third-order valence-corrected chi connectivity index (χ3v) is 6.78. The van der Waals surface area contributed by atoms with Gasteiger partial charge in [0, 0.05) is 15.7 Å². The molecule has 0 bridgehead atoms. The molecule has 4 rings (SSSR count). The number of allylic oxidation sites excluding steroid dienone is 1. The van der Waals surface area contributed by atoms with Crippen LogP contribution in [0, 0.1) is 11.3 Å². The second-order valence-corrected chi connectivity index (χ2v) is 9.57. The Kier molecular flexibility index (Phi) is 7.31. The lowest BCUT2D eigenvalue weighted by atomic mass is 10.1. The van der Waals surface area contributed by atoms with Crippen molar-refractivity contribution in [1.29, 1.82) is 5.26 Å². The molecule has 0 unspecified atom stereocenters. The topological polar surface area (TPSA) is 75.0 Å². The smallest absolute Gasteiger partial charge is 0.262 e. The second kappa shape index (κ2) is 10.4. The van der Waals surface area contributed by atoms with E-state index in [4.69, 9.17) is 27.9 Å². The molecule has 0 radical (unpaired) electrons. The number of nitrogens with zero attached hydrogens (tertiary/aromatic N) is 2. The van der Waals surface area contributed by atoms with Crippen LogP contribution in [0.2, 0.25) is 10.0 Å². The zero-order valence-electron chi connectivity index (χ0n) is 16.8. The quantitative estimate of drug-likeness (QED) is 0.249. The van der Waals surface area contributed by atoms with Gasteiger partial charge in [-0.1, -0.05) is 51.3 Å². The van der Waals surface area contributed by atoms with Gasteiger partial charge < -0.3 is 10.1 Å². The normalized spacial score (nSPS) is 11.3. The molecule has 164 valence electrons. The number of halogens is 3. The van der Waals surface area contributed by atoms with Gasteiger partial charge in [0.2, 0.25) is 0 Å². The summed E-state index contributed by atoms with van der Waals surface area (Å²) in [5.41, 5.74) is 2.39. The molecule has 5 nitrogen and oxygen atoms in total. The molecule has 0 fully saturated rings. The summed E-state index contributed by atoms with van der Waals surface area (Å²) in [6, 6.07) is 20.1. The van der Waals surface area contributed by atoms with Crippen LogP contribution in [0.1, 0.15) is 10.6 Å². The lowest BCUT2D eigenvalue weighted by molar-refractivity contribution is -0.118. The average Bonchev–Trinajstić information content (AvgIpc) is 3.23. The monoisotopic (exact) mass is 557 g/mol. The van der Waals surface area contributed by atoms with Crippen molar-refractivity contribution in [1.82, 2.24) is 4.98 Å². The zero-order valence-corrected chi connectivity index (χ0v) is 20.7. The minimum atomic E-state index is -0.363. The Balaban J connectivity index is 1.54. The lowest BCUT2D eigenvalue weighted by Gasteiger charge is -2.11. The summed E-state index contributed by atoms with van der Waals surface area (Å²) < 4.78 is 7.56. The van der Waals surface area contributed by atoms with Crippen LogP contribution in [0.5, 0.6) is 5.75 Å². The molecule has 0 saturated heterocycles. The summed E-state index contributed by atoms with van der Waals surface area (Å²) >= 11 is 16.8. The minimum Gasteiger partial charge on any atom is -0.483 e. The first-order chi connectivity index (χ1) is 15.9. The molecule has 1 aromatic heterocycles. The summed E-state index contributed by atoms with van der Waals surface area (Å²) in [6.45, 7) is -0.230. The molecule has 9 heteroatoms. The highest BCUT2D eigenvalue weighted by Crippen LogP contribution is 2.31. The van der Waals surface area contributed by atoms with Gasteiger partial charge in [-0.15, -0.1) is 11.3 Å². The molecule has 0 aliphatic heterocycles. The standard InChI is InChI=1S/C24H14BrCl2N3O2S/c25-16-5-8-21(32-13-23(31)29-17-6-7-18(26)19(27)11-17)14(10-16)9-15(12-28)24-30-20-3-1-2-4-22(20)33-24/h1-11H,13H2,(H,29,31)/b15-9+. The molecule has 1 heterocycles. The lowest BCUT2D eigenvalue weighted by Crippen LogP contribution is -2.20. The van der Waals surface area contributed by atoms with Crippen molar-refractivity contribution >= 4 is 83.9 Å². The molecular weight excluding hydrogens is 545 g/mol. The highest BCUT2D eigenvalue weighted by Gasteiger charge is 2.12. The Hall–Kier alpha value is -2.89. The number of benzene rings is 3. The van der Waals surface area contributed by atoms with Crippen LogP contribution in [0.3, 0.4) is 0 Å². The number of hydrogen-bond donors (Lipinski definition) is 1. The Labute approximate surface area is 212 Å². The van der Waals surface area contributed by atoms with Crippen LogP contribution in [0.4, 0.5) is 5.69 Å². The van der Waals surface area contributed by atoms with E-state index in [2.05, 4.69) is 32.3 Å². The number of carbonyl (C=O) groups excluding carboxylic acids is 1. The summed E-state index contributed by atoms with van der Waals surface area (Å²) in [6.07, 6.45) is 1.70. The number of nitrogens with one attached hydrogen (secondary N) is 1. The van der Waals surface area contributed by atoms with E-state index in [-0.39, 0.29) is 12.5 Å². The largest absolute Gasteiger partial charge is 0.483 e. The van der Waals surface area contributed by atoms with Gasteiger partial charge in [0.05, 0.1) is 25.8 Å². The van der Waals surface area contributed by atoms with E-state index >= 15 is 0 Å². The number of rotatable bonds is 6. The van der Waals surface area contributed by atoms with Crippen LogP contribution in [-0.2, 0) is 4.79 Å². The number of anilines is 1. The highest BCUT2D eigenvalue weighted by molar-refractivity contribution is 9.10. The summed E-state index contributed by atoms with van der Waals surface area (Å²) in [7, 11) is 0. The molecule has 33 heavy (non-hydrogen) atoms. The average molecular weight is 559 g/mol. The number of hydrogen-bond acceptors (Lipinski definition) is 5. The van der Waals surface area contributed by atoms with Gasteiger partial charge in [0.15, 0.2) is 6.61 Å². The van der Waals surface area contributed by atoms with Crippen molar-refractivity contribution < 1.29 is 9.53 Å². The van der Waals surface area contributed by atoms with Gasteiger partial charge in [-0.05, 0) is 54.6 Å². The van der Waals surface area contributed by atoms with Gasteiger partial charge in [-0.25, -0.2) is 4.98 Å². The molecular formula is C24H14BrCl2N3O2S. The fraction of sp³-hybridized carbons (Fsp3) is 0.0417. The number of thiazole rings is 1. The van der Waals surface area contributed by atoms with E-state index in [0.29, 0.717) is 37.6 Å². The second-order valence-electron chi connectivity index (χ2n) is 6.80. The van der Waals surface area contributed by atoms with Crippen molar-refractivity contribution in [3.8, 4) is 11.8 Å². The Bertz CT molecular complexity index is 1400. The molecule has 0 aliphatic carbocycles. The first-order valence-electron chi connectivity index (χ1n) is 9.58. The molecule has 4 aromatic rings. The zero-order chi connectivity index (χ0) is 23.4. The number of para-hydroxylation sites is 1. The maximum Gasteiger partial charge on any atom is 0.262 e. The van der Waals surface area contributed by atoms with Crippen molar-refractivity contribution in [3.05, 3.63) is 85.8 Å². The van der Waals surface area contributed by atoms with Gasteiger partial charge in [-0.3, -0.25) is 4.79 Å². The molecule has 0 aliphatic rings. The Morgan fingerprint density at radius 1 is 1.15 bits per heavy atom. The SMILES string of the molecule is N#C/C(=C\c1cc(Br)ccc1OCC(=O)Nc1ccc(Cl)c(Cl)c1)c1nc2ccccc2s1. The van der Waals surface area contributed by atoms with Gasteiger partial charge in [-0.2, -0.15) is 5.26 Å². The van der Waals surface area contributed by atoms with Crippen LogP contribution < -0.4 is 10.1 Å². The van der Waals surface area contributed by atoms with Crippen molar-refractivity contribution in [2.24, 2.45) is 0 Å². The van der Waals surface area contributed by atoms with Gasteiger partial charge in [0.1, 0.15) is 16.8 Å². The molecule has 3 aromatic carbocycles. The van der Waals surface area contributed by atoms with E-state index in [1.54, 1.807) is 36.4 Å². The van der Waals surface area contributed by atoms with Crippen LogP contribution in [-0.4, -0.2) is 17.5 Å². The number of aromatic nitrogens is 1. The molecule has 1 amide bonds. The van der Waals surface area contributed by atoms with E-state index in [1.807, 2.05) is 30.3 Å². The number of carbonyl (C=O) groups is 1. The number of nitriles is 1.